The number of pyridine rings is 1. The van der Waals surface area contributed by atoms with Crippen molar-refractivity contribution in [1.82, 2.24) is 4.98 Å². The van der Waals surface area contributed by atoms with Crippen LogP contribution in [0.4, 0.5) is 13.2 Å². The second kappa shape index (κ2) is 4.64. The van der Waals surface area contributed by atoms with E-state index < -0.39 is 17.8 Å². The lowest BCUT2D eigenvalue weighted by molar-refractivity contribution is -0.0565. The molecule has 1 fully saturated rings. The third-order valence-corrected chi connectivity index (χ3v) is 3.35. The average Bonchev–Trinajstić information content (AvgIpc) is 2.27. The van der Waals surface area contributed by atoms with Gasteiger partial charge in [-0.05, 0) is 24.8 Å². The van der Waals surface area contributed by atoms with E-state index in [4.69, 9.17) is 5.73 Å². The van der Waals surface area contributed by atoms with Crippen LogP contribution in [-0.4, -0.2) is 10.9 Å². The van der Waals surface area contributed by atoms with Crippen LogP contribution in [0.1, 0.15) is 37.3 Å². The van der Waals surface area contributed by atoms with Crippen molar-refractivity contribution >= 4 is 0 Å². The van der Waals surface area contributed by atoms with Gasteiger partial charge in [0.2, 0.25) is 5.92 Å². The van der Waals surface area contributed by atoms with E-state index in [0.717, 1.165) is 6.20 Å². The second-order valence-corrected chi connectivity index (χ2v) is 4.64. The summed E-state index contributed by atoms with van der Waals surface area (Å²) in [6.45, 7) is 0. The summed E-state index contributed by atoms with van der Waals surface area (Å²) >= 11 is 0. The van der Waals surface area contributed by atoms with Crippen molar-refractivity contribution in [2.45, 2.75) is 37.6 Å². The number of nitrogens with zero attached hydrogens (tertiary/aromatic N) is 1. The Morgan fingerprint density at radius 2 is 2.24 bits per heavy atom. The van der Waals surface area contributed by atoms with Crippen LogP contribution < -0.4 is 5.73 Å². The van der Waals surface area contributed by atoms with Gasteiger partial charge in [-0.2, -0.15) is 0 Å². The fourth-order valence-corrected chi connectivity index (χ4v) is 2.43. The summed E-state index contributed by atoms with van der Waals surface area (Å²) < 4.78 is 40.0. The smallest absolute Gasteiger partial charge is 0.248 e. The van der Waals surface area contributed by atoms with Crippen LogP contribution in [0, 0.1) is 11.7 Å². The van der Waals surface area contributed by atoms with Crippen LogP contribution >= 0.6 is 0 Å². The molecule has 0 saturated heterocycles. The number of aromatic nitrogens is 1. The van der Waals surface area contributed by atoms with Crippen LogP contribution in [0.3, 0.4) is 0 Å². The number of halogens is 3. The quantitative estimate of drug-likeness (QED) is 0.868. The molecule has 2 unspecified atom stereocenters. The minimum Gasteiger partial charge on any atom is -0.324 e. The first kappa shape index (κ1) is 12.4. The Morgan fingerprint density at radius 1 is 1.47 bits per heavy atom. The standard InChI is InChI=1S/C12H15F3N2/c13-10-7-17-5-3-9(10)11(16)8-2-1-4-12(14,15)6-8/h3,5,7-8,11H,1-2,4,6,16H2. The molecule has 1 aliphatic carbocycles. The Labute approximate surface area is 98.0 Å². The molecule has 1 aliphatic rings. The summed E-state index contributed by atoms with van der Waals surface area (Å²) in [5.74, 6) is -3.55. The molecule has 94 valence electrons. The van der Waals surface area contributed by atoms with Gasteiger partial charge in [-0.1, -0.05) is 0 Å². The summed E-state index contributed by atoms with van der Waals surface area (Å²) in [5, 5.41) is 0. The van der Waals surface area contributed by atoms with Crippen molar-refractivity contribution in [2.75, 3.05) is 0 Å². The molecule has 0 spiro atoms. The zero-order valence-corrected chi connectivity index (χ0v) is 9.37. The monoisotopic (exact) mass is 244 g/mol. The molecular formula is C12H15F3N2. The van der Waals surface area contributed by atoms with E-state index in [2.05, 4.69) is 4.98 Å². The van der Waals surface area contributed by atoms with Crippen LogP contribution in [-0.2, 0) is 0 Å². The van der Waals surface area contributed by atoms with Gasteiger partial charge in [0, 0.05) is 30.6 Å². The van der Waals surface area contributed by atoms with Crippen molar-refractivity contribution in [2.24, 2.45) is 11.7 Å². The Hall–Kier alpha value is -1.10. The third kappa shape index (κ3) is 2.77. The van der Waals surface area contributed by atoms with E-state index in [9.17, 15) is 13.2 Å². The van der Waals surface area contributed by atoms with Gasteiger partial charge in [0.05, 0.1) is 6.20 Å². The van der Waals surface area contributed by atoms with Crippen LogP contribution in [0.25, 0.3) is 0 Å². The Morgan fingerprint density at radius 3 is 2.88 bits per heavy atom. The van der Waals surface area contributed by atoms with E-state index >= 15 is 0 Å². The molecule has 0 aliphatic heterocycles. The maximum Gasteiger partial charge on any atom is 0.248 e. The van der Waals surface area contributed by atoms with E-state index in [1.165, 1.54) is 12.3 Å². The first-order chi connectivity index (χ1) is 7.99. The highest BCUT2D eigenvalue weighted by Gasteiger charge is 2.39. The first-order valence-electron chi connectivity index (χ1n) is 5.72. The average molecular weight is 244 g/mol. The predicted molar refractivity (Wildman–Crippen MR) is 58.0 cm³/mol. The zero-order chi connectivity index (χ0) is 12.5. The Bertz CT molecular complexity index is 395. The molecule has 0 bridgehead atoms. The Kier molecular flexibility index (Phi) is 3.38. The molecule has 2 nitrogen and oxygen atoms in total. The predicted octanol–water partition coefficient (Wildman–Crippen LogP) is 3.05. The molecule has 1 saturated carbocycles. The highest BCUT2D eigenvalue weighted by atomic mass is 19.3. The summed E-state index contributed by atoms with van der Waals surface area (Å²) in [7, 11) is 0. The molecule has 2 N–H and O–H groups in total. The normalized spacial score (nSPS) is 25.5. The van der Waals surface area contributed by atoms with Crippen molar-refractivity contribution in [1.29, 1.82) is 0 Å². The fraction of sp³-hybridized carbons (Fsp3) is 0.583. The van der Waals surface area contributed by atoms with Crippen LogP contribution in [0.15, 0.2) is 18.5 Å². The summed E-state index contributed by atoms with van der Waals surface area (Å²) in [5.41, 5.74) is 6.17. The molecular weight excluding hydrogens is 229 g/mol. The van der Waals surface area contributed by atoms with Crippen LogP contribution in [0.2, 0.25) is 0 Å². The van der Waals surface area contributed by atoms with Gasteiger partial charge in [-0.15, -0.1) is 0 Å². The number of alkyl halides is 2. The van der Waals surface area contributed by atoms with E-state index in [1.54, 1.807) is 0 Å². The third-order valence-electron chi connectivity index (χ3n) is 3.35. The van der Waals surface area contributed by atoms with Gasteiger partial charge in [-0.25, -0.2) is 13.2 Å². The minimum absolute atomic E-state index is 0.0882. The zero-order valence-electron chi connectivity index (χ0n) is 9.37. The van der Waals surface area contributed by atoms with Gasteiger partial charge in [0.1, 0.15) is 5.82 Å². The molecule has 0 radical (unpaired) electrons. The van der Waals surface area contributed by atoms with Crippen molar-refractivity contribution in [3.05, 3.63) is 29.8 Å². The molecule has 1 aromatic heterocycles. The van der Waals surface area contributed by atoms with Crippen molar-refractivity contribution in [3.8, 4) is 0 Å². The number of nitrogens with two attached hydrogens (primary N) is 1. The largest absolute Gasteiger partial charge is 0.324 e. The number of rotatable bonds is 2. The Balaban J connectivity index is 2.15. The maximum atomic E-state index is 13.5. The molecule has 1 aromatic rings. The summed E-state index contributed by atoms with van der Waals surface area (Å²) in [4.78, 5) is 3.62. The second-order valence-electron chi connectivity index (χ2n) is 4.64. The molecule has 2 atom stereocenters. The van der Waals surface area contributed by atoms with Crippen molar-refractivity contribution in [3.63, 3.8) is 0 Å². The fourth-order valence-electron chi connectivity index (χ4n) is 2.43. The molecule has 0 aromatic carbocycles. The molecule has 2 rings (SSSR count). The van der Waals surface area contributed by atoms with Gasteiger partial charge < -0.3 is 5.73 Å². The topological polar surface area (TPSA) is 38.9 Å². The highest BCUT2D eigenvalue weighted by molar-refractivity contribution is 5.18. The maximum absolute atomic E-state index is 13.5. The van der Waals surface area contributed by atoms with E-state index in [1.807, 2.05) is 0 Å². The van der Waals surface area contributed by atoms with Gasteiger partial charge in [0.15, 0.2) is 0 Å². The van der Waals surface area contributed by atoms with E-state index in [-0.39, 0.29) is 24.3 Å². The van der Waals surface area contributed by atoms with Crippen LogP contribution in [0.5, 0.6) is 0 Å². The lowest BCUT2D eigenvalue weighted by Crippen LogP contribution is -2.33. The van der Waals surface area contributed by atoms with Gasteiger partial charge in [0.25, 0.3) is 0 Å². The molecule has 1 heterocycles. The van der Waals surface area contributed by atoms with Crippen molar-refractivity contribution < 1.29 is 13.2 Å². The molecule has 0 amide bonds. The lowest BCUT2D eigenvalue weighted by Gasteiger charge is -2.32. The number of hydrogen-bond donors (Lipinski definition) is 1. The molecule has 5 heteroatoms. The number of hydrogen-bond acceptors (Lipinski definition) is 2. The minimum atomic E-state index is -2.66. The van der Waals surface area contributed by atoms with E-state index in [0.29, 0.717) is 12.8 Å². The lowest BCUT2D eigenvalue weighted by atomic mass is 9.80. The van der Waals surface area contributed by atoms with Gasteiger partial charge >= 0.3 is 0 Å². The molecule has 17 heavy (non-hydrogen) atoms. The first-order valence-corrected chi connectivity index (χ1v) is 5.72. The highest BCUT2D eigenvalue weighted by Crippen LogP contribution is 2.41. The summed E-state index contributed by atoms with van der Waals surface area (Å²) in [6, 6.07) is 0.788. The summed E-state index contributed by atoms with van der Waals surface area (Å²) in [6.07, 6.45) is 3.22. The SMILES string of the molecule is NC(c1ccncc1F)C1CCCC(F)(F)C1. The van der Waals surface area contributed by atoms with Gasteiger partial charge in [-0.3, -0.25) is 4.98 Å².